The summed E-state index contributed by atoms with van der Waals surface area (Å²) in [4.78, 5) is 17.7. The van der Waals surface area contributed by atoms with Crippen molar-refractivity contribution >= 4 is 17.0 Å². The lowest BCUT2D eigenvalue weighted by Crippen LogP contribution is -2.49. The number of benzene rings is 1. The van der Waals surface area contributed by atoms with Gasteiger partial charge in [-0.05, 0) is 30.2 Å². The maximum absolute atomic E-state index is 11.0. The number of hydrogen-bond donors (Lipinski definition) is 2. The van der Waals surface area contributed by atoms with Gasteiger partial charge < -0.3 is 15.8 Å². The highest BCUT2D eigenvalue weighted by molar-refractivity contribution is 5.76. The summed E-state index contributed by atoms with van der Waals surface area (Å²) in [7, 11) is 1.64. The molecule has 2 unspecified atom stereocenters. The molecule has 0 aliphatic carbocycles. The Hall–Kier alpha value is -3.04. The molecule has 1 aliphatic heterocycles. The molecule has 1 fully saturated rings. The van der Waals surface area contributed by atoms with Crippen molar-refractivity contribution in [2.75, 3.05) is 25.5 Å². The Morgan fingerprint density at radius 1 is 1.39 bits per heavy atom. The second kappa shape index (κ2) is 7.91. The molecule has 0 spiro atoms. The summed E-state index contributed by atoms with van der Waals surface area (Å²) in [6.07, 6.45) is 4.19. The smallest absolute Gasteiger partial charge is 0.158 e. The van der Waals surface area contributed by atoms with Gasteiger partial charge in [0, 0.05) is 43.6 Å². The molecule has 1 aliphatic rings. The predicted molar refractivity (Wildman–Crippen MR) is 107 cm³/mol. The topological polar surface area (TPSA) is 110 Å². The van der Waals surface area contributed by atoms with E-state index in [1.165, 1.54) is 6.33 Å². The van der Waals surface area contributed by atoms with Gasteiger partial charge in [0.1, 0.15) is 23.6 Å². The van der Waals surface area contributed by atoms with Crippen molar-refractivity contribution in [1.29, 1.82) is 0 Å². The van der Waals surface area contributed by atoms with E-state index in [1.807, 2.05) is 36.5 Å². The van der Waals surface area contributed by atoms with E-state index in [0.717, 1.165) is 35.5 Å². The highest BCUT2D eigenvalue weighted by Gasteiger charge is 2.28. The number of likely N-dealkylation sites (tertiary alicyclic amines) is 1. The van der Waals surface area contributed by atoms with E-state index in [4.69, 9.17) is 10.5 Å². The van der Waals surface area contributed by atoms with E-state index >= 15 is 0 Å². The maximum atomic E-state index is 11.0. The van der Waals surface area contributed by atoms with Gasteiger partial charge in [-0.1, -0.05) is 11.2 Å². The molecule has 2 aromatic heterocycles. The lowest BCUT2D eigenvalue weighted by atomic mass is 10.0. The lowest BCUT2D eigenvalue weighted by Gasteiger charge is -2.33. The van der Waals surface area contributed by atoms with Gasteiger partial charge in [0.2, 0.25) is 0 Å². The number of nitroso groups, excluding NO2 is 1. The number of ether oxygens (including phenoxy) is 1. The average molecular weight is 381 g/mol. The number of piperidine rings is 1. The molecule has 9 heteroatoms. The Balaban J connectivity index is 1.61. The standard InChI is InChI=1S/C19H23N7O2/c1-28-15-4-2-3-14(9-15)23-19-18-13(5-8-26(18)22-12-21-19)10-25-7-6-16(20)17(11-25)24-27/h2-5,8-9,12,16-17H,6-7,10-11,20H2,1H3,(H,21,22,23). The fraction of sp³-hybridized carbons (Fsp3) is 0.368. The summed E-state index contributed by atoms with van der Waals surface area (Å²) in [5, 5.41) is 10.9. The number of fused-ring (bicyclic) bond motifs is 1. The van der Waals surface area contributed by atoms with Gasteiger partial charge in [0.15, 0.2) is 5.82 Å². The summed E-state index contributed by atoms with van der Waals surface area (Å²) >= 11 is 0. The van der Waals surface area contributed by atoms with E-state index in [2.05, 4.69) is 25.5 Å². The molecule has 0 amide bonds. The van der Waals surface area contributed by atoms with Crippen LogP contribution in [0, 0.1) is 4.91 Å². The van der Waals surface area contributed by atoms with E-state index in [1.54, 1.807) is 11.6 Å². The van der Waals surface area contributed by atoms with Crippen molar-refractivity contribution in [2.24, 2.45) is 10.9 Å². The zero-order valence-electron chi connectivity index (χ0n) is 15.7. The fourth-order valence-corrected chi connectivity index (χ4v) is 3.59. The maximum Gasteiger partial charge on any atom is 0.158 e. The predicted octanol–water partition coefficient (Wildman–Crippen LogP) is 2.15. The van der Waals surface area contributed by atoms with Gasteiger partial charge in [-0.2, -0.15) is 10.0 Å². The summed E-state index contributed by atoms with van der Waals surface area (Å²) < 4.78 is 7.09. The van der Waals surface area contributed by atoms with E-state index in [0.29, 0.717) is 18.9 Å². The molecular formula is C19H23N7O2. The van der Waals surface area contributed by atoms with Crippen LogP contribution in [0.1, 0.15) is 12.0 Å². The first-order valence-electron chi connectivity index (χ1n) is 9.20. The van der Waals surface area contributed by atoms with E-state index in [9.17, 15) is 4.91 Å². The Labute approximate surface area is 162 Å². The van der Waals surface area contributed by atoms with E-state index in [-0.39, 0.29) is 12.1 Å². The summed E-state index contributed by atoms with van der Waals surface area (Å²) in [6.45, 7) is 2.07. The number of nitrogens with zero attached hydrogens (tertiary/aromatic N) is 5. The Bertz CT molecular complexity index is 974. The monoisotopic (exact) mass is 381 g/mol. The Kier molecular flexibility index (Phi) is 5.18. The molecule has 2 atom stereocenters. The molecule has 1 saturated heterocycles. The highest BCUT2D eigenvalue weighted by atomic mass is 16.5. The van der Waals surface area contributed by atoms with Gasteiger partial charge in [0.05, 0.1) is 7.11 Å². The van der Waals surface area contributed by atoms with Crippen molar-refractivity contribution in [3.63, 3.8) is 0 Å². The van der Waals surface area contributed by atoms with Crippen LogP contribution in [0.3, 0.4) is 0 Å². The van der Waals surface area contributed by atoms with E-state index < -0.39 is 0 Å². The van der Waals surface area contributed by atoms with Crippen LogP contribution >= 0.6 is 0 Å². The third kappa shape index (κ3) is 3.67. The third-order valence-electron chi connectivity index (χ3n) is 5.12. The Morgan fingerprint density at radius 3 is 3.11 bits per heavy atom. The van der Waals surface area contributed by atoms with Crippen LogP contribution in [0.25, 0.3) is 5.52 Å². The van der Waals surface area contributed by atoms with Gasteiger partial charge in [-0.15, -0.1) is 0 Å². The zero-order chi connectivity index (χ0) is 19.5. The number of methoxy groups -OCH3 is 1. The number of hydrogen-bond acceptors (Lipinski definition) is 8. The van der Waals surface area contributed by atoms with Crippen molar-refractivity contribution in [3.8, 4) is 5.75 Å². The van der Waals surface area contributed by atoms with Crippen LogP contribution in [0.5, 0.6) is 5.75 Å². The van der Waals surface area contributed by atoms with Gasteiger partial charge >= 0.3 is 0 Å². The molecule has 28 heavy (non-hydrogen) atoms. The zero-order valence-corrected chi connectivity index (χ0v) is 15.7. The number of aromatic nitrogens is 3. The number of rotatable bonds is 6. The second-order valence-corrected chi connectivity index (χ2v) is 6.96. The molecule has 4 rings (SSSR count). The van der Waals surface area contributed by atoms with Crippen LogP contribution in [0.2, 0.25) is 0 Å². The minimum atomic E-state index is -0.367. The van der Waals surface area contributed by atoms with Crippen molar-refractivity contribution in [3.05, 3.63) is 53.3 Å². The van der Waals surface area contributed by atoms with Crippen LogP contribution in [-0.4, -0.2) is 51.8 Å². The molecule has 3 aromatic rings. The first-order valence-corrected chi connectivity index (χ1v) is 9.20. The number of anilines is 2. The molecule has 0 saturated carbocycles. The first-order chi connectivity index (χ1) is 13.7. The fourth-order valence-electron chi connectivity index (χ4n) is 3.59. The molecule has 3 heterocycles. The quantitative estimate of drug-likeness (QED) is 0.630. The third-order valence-corrected chi connectivity index (χ3v) is 5.12. The molecular weight excluding hydrogens is 358 g/mol. The minimum Gasteiger partial charge on any atom is -0.497 e. The number of nitrogens with one attached hydrogen (secondary N) is 1. The van der Waals surface area contributed by atoms with Crippen LogP contribution < -0.4 is 15.8 Å². The van der Waals surface area contributed by atoms with Crippen LogP contribution in [0.15, 0.2) is 48.0 Å². The van der Waals surface area contributed by atoms with Gasteiger partial charge in [0.25, 0.3) is 0 Å². The minimum absolute atomic E-state index is 0.159. The van der Waals surface area contributed by atoms with Crippen molar-refractivity contribution in [1.82, 2.24) is 19.5 Å². The molecule has 0 bridgehead atoms. The van der Waals surface area contributed by atoms with Crippen LogP contribution in [0.4, 0.5) is 11.5 Å². The summed E-state index contributed by atoms with van der Waals surface area (Å²) in [5.74, 6) is 1.48. The first kappa shape index (κ1) is 18.3. The van der Waals surface area contributed by atoms with Gasteiger partial charge in [-0.25, -0.2) is 9.50 Å². The summed E-state index contributed by atoms with van der Waals surface area (Å²) in [5.41, 5.74) is 8.83. The molecule has 9 nitrogen and oxygen atoms in total. The largest absolute Gasteiger partial charge is 0.497 e. The molecule has 0 radical (unpaired) electrons. The van der Waals surface area contributed by atoms with Crippen LogP contribution in [-0.2, 0) is 6.54 Å². The normalized spacial score (nSPS) is 20.2. The molecule has 3 N–H and O–H groups in total. The molecule has 146 valence electrons. The van der Waals surface area contributed by atoms with Gasteiger partial charge in [-0.3, -0.25) is 4.90 Å². The average Bonchev–Trinajstić information content (AvgIpc) is 3.13. The Morgan fingerprint density at radius 2 is 2.29 bits per heavy atom. The highest BCUT2D eigenvalue weighted by Crippen LogP contribution is 2.26. The second-order valence-electron chi connectivity index (χ2n) is 6.96. The number of nitrogens with two attached hydrogens (primary N) is 1. The summed E-state index contributed by atoms with van der Waals surface area (Å²) in [6, 6.07) is 9.17. The SMILES string of the molecule is COc1cccc(Nc2ncnn3ccc(CN4CCC(N)C(N=O)C4)c23)c1. The molecule has 1 aromatic carbocycles. The van der Waals surface area contributed by atoms with Crippen molar-refractivity contribution in [2.45, 2.75) is 25.0 Å². The lowest BCUT2D eigenvalue weighted by molar-refractivity contribution is 0.185. The van der Waals surface area contributed by atoms with Crippen molar-refractivity contribution < 1.29 is 4.74 Å².